The smallest absolute Gasteiger partial charge is 0.220 e. The monoisotopic (exact) mass is 339 g/mol. The van der Waals surface area contributed by atoms with Crippen molar-refractivity contribution in [2.24, 2.45) is 0 Å². The van der Waals surface area contributed by atoms with Crippen LogP contribution in [0.15, 0.2) is 24.3 Å². The van der Waals surface area contributed by atoms with E-state index in [-0.39, 0.29) is 11.4 Å². The van der Waals surface area contributed by atoms with E-state index in [1.54, 1.807) is 0 Å². The molecule has 1 aliphatic heterocycles. The van der Waals surface area contributed by atoms with Gasteiger partial charge in [-0.15, -0.1) is 0 Å². The molecule has 1 amide bonds. The van der Waals surface area contributed by atoms with Crippen molar-refractivity contribution in [1.82, 2.24) is 5.32 Å². The number of rotatable bonds is 5. The molecule has 4 heteroatoms. The van der Waals surface area contributed by atoms with Gasteiger partial charge in [0.2, 0.25) is 5.91 Å². The molecular weight excluding hydrogens is 318 g/mol. The molecule has 0 bridgehead atoms. The molecule has 110 valence electrons. The zero-order chi connectivity index (χ0) is 14.4. The molecule has 2 rings (SSSR count). The van der Waals surface area contributed by atoms with E-state index in [9.17, 15) is 4.79 Å². The second-order valence-corrected chi connectivity index (χ2v) is 6.12. The Morgan fingerprint density at radius 3 is 2.55 bits per heavy atom. The predicted molar refractivity (Wildman–Crippen MR) is 84.2 cm³/mol. The molecule has 1 aromatic carbocycles. The molecule has 1 N–H and O–H groups in total. The Morgan fingerprint density at radius 2 is 1.95 bits per heavy atom. The summed E-state index contributed by atoms with van der Waals surface area (Å²) < 4.78 is 5.38. The Bertz CT molecular complexity index is 438. The summed E-state index contributed by atoms with van der Waals surface area (Å²) >= 11 is 3.53. The highest BCUT2D eigenvalue weighted by molar-refractivity contribution is 9.09. The van der Waals surface area contributed by atoms with Crippen LogP contribution in [0.1, 0.15) is 30.4 Å². The van der Waals surface area contributed by atoms with E-state index >= 15 is 0 Å². The van der Waals surface area contributed by atoms with Gasteiger partial charge >= 0.3 is 0 Å². The van der Waals surface area contributed by atoms with Gasteiger partial charge in [-0.1, -0.05) is 45.8 Å². The minimum absolute atomic E-state index is 0.122. The zero-order valence-corrected chi connectivity index (χ0v) is 13.5. The molecule has 1 aliphatic rings. The highest BCUT2D eigenvalue weighted by atomic mass is 79.9. The maximum atomic E-state index is 12.1. The molecule has 3 nitrogen and oxygen atoms in total. The van der Waals surface area contributed by atoms with Crippen LogP contribution in [0.2, 0.25) is 0 Å². The molecule has 1 saturated heterocycles. The predicted octanol–water partition coefficient (Wildman–Crippen LogP) is 2.99. The first kappa shape index (κ1) is 15.5. The molecule has 20 heavy (non-hydrogen) atoms. The third-order valence-electron chi connectivity index (χ3n) is 3.87. The fraction of sp³-hybridized carbons (Fsp3) is 0.562. The lowest BCUT2D eigenvalue weighted by Crippen LogP contribution is -2.53. The lowest BCUT2D eigenvalue weighted by Gasteiger charge is -2.36. The van der Waals surface area contributed by atoms with Crippen molar-refractivity contribution in [3.05, 3.63) is 35.4 Å². The number of ether oxygens (including phenoxy) is 1. The van der Waals surface area contributed by atoms with Crippen LogP contribution in [0.3, 0.4) is 0 Å². The zero-order valence-electron chi connectivity index (χ0n) is 12.0. The number of amides is 1. The Hall–Kier alpha value is -0.870. The van der Waals surface area contributed by atoms with Gasteiger partial charge in [0.05, 0.1) is 5.54 Å². The Kier molecular flexibility index (Phi) is 5.61. The third kappa shape index (κ3) is 4.32. The van der Waals surface area contributed by atoms with E-state index in [1.807, 2.05) is 0 Å². The van der Waals surface area contributed by atoms with Gasteiger partial charge in [-0.2, -0.15) is 0 Å². The number of halogens is 1. The normalized spacial score (nSPS) is 17.7. The van der Waals surface area contributed by atoms with Crippen molar-refractivity contribution < 1.29 is 9.53 Å². The van der Waals surface area contributed by atoms with Crippen molar-refractivity contribution >= 4 is 21.8 Å². The SMILES string of the molecule is Cc1ccc(CCC(=O)NC2(CBr)CCOCC2)cc1. The molecular formula is C16H22BrNO2. The molecule has 0 aliphatic carbocycles. The molecule has 0 aromatic heterocycles. The third-order valence-corrected chi connectivity index (χ3v) is 4.94. The number of benzene rings is 1. The standard InChI is InChI=1S/C16H22BrNO2/c1-13-2-4-14(5-3-13)6-7-15(19)18-16(12-17)8-10-20-11-9-16/h2-5H,6-12H2,1H3,(H,18,19). The minimum atomic E-state index is -0.122. The van der Waals surface area contributed by atoms with Gasteiger partial charge in [0, 0.05) is 25.0 Å². The van der Waals surface area contributed by atoms with Crippen molar-refractivity contribution in [3.63, 3.8) is 0 Å². The second-order valence-electron chi connectivity index (χ2n) is 5.56. The number of carbonyl (C=O) groups is 1. The molecule has 0 spiro atoms. The average molecular weight is 340 g/mol. The van der Waals surface area contributed by atoms with Gasteiger partial charge in [-0.3, -0.25) is 4.79 Å². The van der Waals surface area contributed by atoms with Crippen LogP contribution >= 0.6 is 15.9 Å². The van der Waals surface area contributed by atoms with Gasteiger partial charge in [0.25, 0.3) is 0 Å². The van der Waals surface area contributed by atoms with E-state index in [0.717, 1.165) is 37.8 Å². The number of hydrogen-bond acceptors (Lipinski definition) is 2. The lowest BCUT2D eigenvalue weighted by atomic mass is 9.92. The Labute approximate surface area is 129 Å². The van der Waals surface area contributed by atoms with Crippen molar-refractivity contribution in [2.75, 3.05) is 18.5 Å². The van der Waals surface area contributed by atoms with Crippen LogP contribution in [-0.2, 0) is 16.0 Å². The number of alkyl halides is 1. The summed E-state index contributed by atoms with van der Waals surface area (Å²) in [6, 6.07) is 8.37. The summed E-state index contributed by atoms with van der Waals surface area (Å²) in [7, 11) is 0. The summed E-state index contributed by atoms with van der Waals surface area (Å²) in [6.45, 7) is 3.52. The summed E-state index contributed by atoms with van der Waals surface area (Å²) in [6.07, 6.45) is 3.10. The first-order valence-corrected chi connectivity index (χ1v) is 8.26. The van der Waals surface area contributed by atoms with Crippen LogP contribution in [-0.4, -0.2) is 30.0 Å². The van der Waals surface area contributed by atoms with E-state index in [1.165, 1.54) is 11.1 Å². The quantitative estimate of drug-likeness (QED) is 0.837. The maximum absolute atomic E-state index is 12.1. The van der Waals surface area contributed by atoms with Crippen LogP contribution in [0, 0.1) is 6.92 Å². The highest BCUT2D eigenvalue weighted by Crippen LogP contribution is 2.23. The summed E-state index contributed by atoms with van der Waals surface area (Å²) in [5.74, 6) is 0.131. The molecule has 1 heterocycles. The number of aryl methyl sites for hydroxylation is 2. The number of nitrogens with one attached hydrogen (secondary N) is 1. The van der Waals surface area contributed by atoms with Gasteiger partial charge in [-0.05, 0) is 31.7 Å². The highest BCUT2D eigenvalue weighted by Gasteiger charge is 2.32. The molecule has 0 unspecified atom stereocenters. The molecule has 0 saturated carbocycles. The van der Waals surface area contributed by atoms with Crippen LogP contribution in [0.4, 0.5) is 0 Å². The van der Waals surface area contributed by atoms with E-state index in [0.29, 0.717) is 6.42 Å². The first-order chi connectivity index (χ1) is 9.63. The van der Waals surface area contributed by atoms with Crippen LogP contribution in [0.25, 0.3) is 0 Å². The summed E-state index contributed by atoms with van der Waals surface area (Å²) in [4.78, 5) is 12.1. The van der Waals surface area contributed by atoms with Gasteiger partial charge in [0.15, 0.2) is 0 Å². The van der Waals surface area contributed by atoms with E-state index in [4.69, 9.17) is 4.74 Å². The Morgan fingerprint density at radius 1 is 1.30 bits per heavy atom. The lowest BCUT2D eigenvalue weighted by molar-refractivity contribution is -0.123. The topological polar surface area (TPSA) is 38.3 Å². The van der Waals surface area contributed by atoms with Crippen molar-refractivity contribution in [2.45, 2.75) is 38.1 Å². The van der Waals surface area contributed by atoms with Crippen LogP contribution < -0.4 is 5.32 Å². The van der Waals surface area contributed by atoms with Gasteiger partial charge in [-0.25, -0.2) is 0 Å². The fourth-order valence-electron chi connectivity index (χ4n) is 2.43. The average Bonchev–Trinajstić information content (AvgIpc) is 2.47. The van der Waals surface area contributed by atoms with Crippen molar-refractivity contribution in [3.8, 4) is 0 Å². The Balaban J connectivity index is 1.83. The molecule has 1 fully saturated rings. The molecule has 0 radical (unpaired) electrons. The first-order valence-electron chi connectivity index (χ1n) is 7.14. The van der Waals surface area contributed by atoms with E-state index in [2.05, 4.69) is 52.4 Å². The number of hydrogen-bond donors (Lipinski definition) is 1. The molecule has 1 aromatic rings. The minimum Gasteiger partial charge on any atom is -0.381 e. The van der Waals surface area contributed by atoms with Crippen molar-refractivity contribution in [1.29, 1.82) is 0 Å². The molecule has 0 atom stereocenters. The fourth-order valence-corrected chi connectivity index (χ4v) is 3.13. The van der Waals surface area contributed by atoms with Gasteiger partial charge < -0.3 is 10.1 Å². The van der Waals surface area contributed by atoms with Crippen LogP contribution in [0.5, 0.6) is 0 Å². The summed E-state index contributed by atoms with van der Waals surface area (Å²) in [5.41, 5.74) is 2.34. The van der Waals surface area contributed by atoms with Gasteiger partial charge in [0.1, 0.15) is 0 Å². The number of carbonyl (C=O) groups excluding carboxylic acids is 1. The second kappa shape index (κ2) is 7.23. The van der Waals surface area contributed by atoms with E-state index < -0.39 is 0 Å². The maximum Gasteiger partial charge on any atom is 0.220 e. The summed E-state index contributed by atoms with van der Waals surface area (Å²) in [5, 5.41) is 3.99. The largest absolute Gasteiger partial charge is 0.381 e.